The maximum atomic E-state index is 11.8. The molecule has 2 aromatic heterocycles. The van der Waals surface area contributed by atoms with Gasteiger partial charge in [0.1, 0.15) is 0 Å². The number of aryl methyl sites for hydroxylation is 2. The fraction of sp³-hybridized carbons (Fsp3) is 0.471. The van der Waals surface area contributed by atoms with Crippen LogP contribution in [0.3, 0.4) is 0 Å². The van der Waals surface area contributed by atoms with Crippen molar-refractivity contribution in [2.24, 2.45) is 0 Å². The summed E-state index contributed by atoms with van der Waals surface area (Å²) in [5, 5.41) is 4.29. The average Bonchev–Trinajstić information content (AvgIpc) is 2.56. The van der Waals surface area contributed by atoms with Crippen molar-refractivity contribution < 1.29 is 0 Å². The Morgan fingerprint density at radius 2 is 1.78 bits per heavy atom. The van der Waals surface area contributed by atoms with Crippen molar-refractivity contribution >= 4 is 5.69 Å². The molecule has 0 amide bonds. The first-order chi connectivity index (χ1) is 11.1. The highest BCUT2D eigenvalue weighted by atomic mass is 16.1. The van der Waals surface area contributed by atoms with Gasteiger partial charge in [-0.2, -0.15) is 5.10 Å². The van der Waals surface area contributed by atoms with Gasteiger partial charge in [-0.25, -0.2) is 4.68 Å². The van der Waals surface area contributed by atoms with Crippen LogP contribution < -0.4 is 10.5 Å². The van der Waals surface area contributed by atoms with E-state index in [1.807, 2.05) is 20.0 Å². The topological polar surface area (TPSA) is 54.3 Å². The predicted octanol–water partition coefficient (Wildman–Crippen LogP) is 1.08. The van der Waals surface area contributed by atoms with E-state index in [0.29, 0.717) is 6.54 Å². The van der Waals surface area contributed by atoms with Crippen LogP contribution in [0.1, 0.15) is 11.4 Å². The van der Waals surface area contributed by atoms with E-state index in [-0.39, 0.29) is 5.56 Å². The molecular weight excluding hydrogens is 290 g/mol. The first kappa shape index (κ1) is 15.7. The highest BCUT2D eigenvalue weighted by Crippen LogP contribution is 2.16. The monoisotopic (exact) mass is 313 g/mol. The minimum absolute atomic E-state index is 0.0264. The molecule has 0 radical (unpaired) electrons. The fourth-order valence-electron chi connectivity index (χ4n) is 2.90. The summed E-state index contributed by atoms with van der Waals surface area (Å²) in [7, 11) is 0. The number of rotatable bonds is 4. The third-order valence-corrected chi connectivity index (χ3v) is 4.25. The minimum Gasteiger partial charge on any atom is -0.369 e. The molecule has 0 bridgehead atoms. The van der Waals surface area contributed by atoms with E-state index in [9.17, 15) is 4.79 Å². The molecular formula is C17H23N5O. The zero-order valence-electron chi connectivity index (χ0n) is 13.8. The lowest BCUT2D eigenvalue weighted by atomic mass is 10.2. The largest absolute Gasteiger partial charge is 0.369 e. The highest BCUT2D eigenvalue weighted by molar-refractivity contribution is 5.46. The lowest BCUT2D eigenvalue weighted by Crippen LogP contribution is -2.47. The summed E-state index contributed by atoms with van der Waals surface area (Å²) in [5.41, 5.74) is 3.15. The fourth-order valence-corrected chi connectivity index (χ4v) is 2.90. The summed E-state index contributed by atoms with van der Waals surface area (Å²) in [6.45, 7) is 9.44. The standard InChI is InChI=1S/C17H23N5O/c1-14-3-4-17(23)22(19-14)12-9-20-7-10-21(11-8-20)16-5-6-18-15(2)13-16/h3-6,13H,7-12H2,1-2H3. The smallest absolute Gasteiger partial charge is 0.266 e. The molecule has 1 aliphatic rings. The van der Waals surface area contributed by atoms with Crippen LogP contribution >= 0.6 is 0 Å². The van der Waals surface area contributed by atoms with Crippen LogP contribution in [0.2, 0.25) is 0 Å². The Hall–Kier alpha value is -2.21. The Bertz CT molecular complexity index is 719. The molecule has 1 saturated heterocycles. The molecule has 0 spiro atoms. The Balaban J connectivity index is 1.53. The van der Waals surface area contributed by atoms with Gasteiger partial charge in [-0.15, -0.1) is 0 Å². The normalized spacial score (nSPS) is 15.8. The SMILES string of the molecule is Cc1cc(N2CCN(CCn3nc(C)ccc3=O)CC2)ccn1. The number of pyridine rings is 1. The molecule has 23 heavy (non-hydrogen) atoms. The van der Waals surface area contributed by atoms with E-state index in [1.165, 1.54) is 5.69 Å². The molecule has 0 saturated carbocycles. The molecule has 0 aromatic carbocycles. The van der Waals surface area contributed by atoms with Gasteiger partial charge >= 0.3 is 0 Å². The van der Waals surface area contributed by atoms with Crippen LogP contribution in [0, 0.1) is 13.8 Å². The molecule has 3 heterocycles. The number of aromatic nitrogens is 3. The molecule has 0 unspecified atom stereocenters. The van der Waals surface area contributed by atoms with Gasteiger partial charge in [-0.05, 0) is 32.0 Å². The van der Waals surface area contributed by atoms with E-state index in [4.69, 9.17) is 0 Å². The van der Waals surface area contributed by atoms with Gasteiger partial charge in [0.15, 0.2) is 0 Å². The molecule has 0 atom stereocenters. The van der Waals surface area contributed by atoms with Gasteiger partial charge < -0.3 is 4.90 Å². The highest BCUT2D eigenvalue weighted by Gasteiger charge is 2.17. The summed E-state index contributed by atoms with van der Waals surface area (Å²) in [6.07, 6.45) is 1.87. The third-order valence-electron chi connectivity index (χ3n) is 4.25. The van der Waals surface area contributed by atoms with Gasteiger partial charge in [-0.3, -0.25) is 14.7 Å². The van der Waals surface area contributed by atoms with Gasteiger partial charge in [0.05, 0.1) is 12.2 Å². The molecule has 1 aliphatic heterocycles. The quantitative estimate of drug-likeness (QED) is 0.845. The van der Waals surface area contributed by atoms with E-state index in [2.05, 4.69) is 32.0 Å². The number of hydrogen-bond donors (Lipinski definition) is 0. The van der Waals surface area contributed by atoms with Crippen LogP contribution in [0.15, 0.2) is 35.3 Å². The van der Waals surface area contributed by atoms with Crippen LogP contribution in [-0.2, 0) is 6.54 Å². The number of hydrogen-bond acceptors (Lipinski definition) is 5. The predicted molar refractivity (Wildman–Crippen MR) is 90.9 cm³/mol. The molecule has 6 nitrogen and oxygen atoms in total. The zero-order valence-corrected chi connectivity index (χ0v) is 13.8. The summed E-state index contributed by atoms with van der Waals surface area (Å²) >= 11 is 0. The summed E-state index contributed by atoms with van der Waals surface area (Å²) in [4.78, 5) is 20.8. The third kappa shape index (κ3) is 3.96. The lowest BCUT2D eigenvalue weighted by Gasteiger charge is -2.36. The number of anilines is 1. The van der Waals surface area contributed by atoms with E-state index < -0.39 is 0 Å². The Kier molecular flexibility index (Phi) is 4.71. The summed E-state index contributed by atoms with van der Waals surface area (Å²) < 4.78 is 1.56. The molecule has 3 rings (SSSR count). The van der Waals surface area contributed by atoms with E-state index in [0.717, 1.165) is 44.1 Å². The molecule has 0 N–H and O–H groups in total. The number of piperazine rings is 1. The second kappa shape index (κ2) is 6.91. The molecule has 0 aliphatic carbocycles. The maximum absolute atomic E-state index is 11.8. The van der Waals surface area contributed by atoms with E-state index >= 15 is 0 Å². The Morgan fingerprint density at radius 1 is 1.00 bits per heavy atom. The van der Waals surface area contributed by atoms with Gasteiger partial charge in [0.2, 0.25) is 0 Å². The lowest BCUT2D eigenvalue weighted by molar-refractivity contribution is 0.242. The minimum atomic E-state index is -0.0264. The Labute approximate surface area is 136 Å². The molecule has 122 valence electrons. The van der Waals surface area contributed by atoms with Crippen molar-refractivity contribution in [1.82, 2.24) is 19.7 Å². The van der Waals surface area contributed by atoms with Crippen molar-refractivity contribution in [1.29, 1.82) is 0 Å². The molecule has 2 aromatic rings. The zero-order chi connectivity index (χ0) is 16.2. The van der Waals surface area contributed by atoms with Gasteiger partial charge in [-0.1, -0.05) is 0 Å². The van der Waals surface area contributed by atoms with Crippen molar-refractivity contribution in [3.05, 3.63) is 52.2 Å². The molecule has 1 fully saturated rings. The van der Waals surface area contributed by atoms with Crippen LogP contribution in [0.25, 0.3) is 0 Å². The summed E-state index contributed by atoms with van der Waals surface area (Å²) in [5.74, 6) is 0. The Morgan fingerprint density at radius 3 is 2.52 bits per heavy atom. The maximum Gasteiger partial charge on any atom is 0.266 e. The van der Waals surface area contributed by atoms with Gasteiger partial charge in [0.25, 0.3) is 5.56 Å². The van der Waals surface area contributed by atoms with Crippen LogP contribution in [0.5, 0.6) is 0 Å². The average molecular weight is 313 g/mol. The molecule has 6 heteroatoms. The second-order valence-electron chi connectivity index (χ2n) is 6.02. The second-order valence-corrected chi connectivity index (χ2v) is 6.02. The first-order valence-electron chi connectivity index (χ1n) is 8.06. The van der Waals surface area contributed by atoms with Crippen LogP contribution in [-0.4, -0.2) is 52.4 Å². The van der Waals surface area contributed by atoms with Crippen molar-refractivity contribution in [2.45, 2.75) is 20.4 Å². The summed E-state index contributed by atoms with van der Waals surface area (Å²) in [6, 6.07) is 7.55. The van der Waals surface area contributed by atoms with E-state index in [1.54, 1.807) is 16.8 Å². The van der Waals surface area contributed by atoms with Crippen molar-refractivity contribution in [3.8, 4) is 0 Å². The van der Waals surface area contributed by atoms with Crippen molar-refractivity contribution in [3.63, 3.8) is 0 Å². The first-order valence-corrected chi connectivity index (χ1v) is 8.06. The number of nitrogens with zero attached hydrogens (tertiary/aromatic N) is 5. The van der Waals surface area contributed by atoms with Gasteiger partial charge in [0, 0.05) is 56.4 Å². The van der Waals surface area contributed by atoms with Crippen LogP contribution in [0.4, 0.5) is 5.69 Å². The van der Waals surface area contributed by atoms with Crippen molar-refractivity contribution in [2.75, 3.05) is 37.6 Å².